The minimum atomic E-state index is -0.451. The molecule has 10 heteroatoms. The van der Waals surface area contributed by atoms with Crippen LogP contribution < -0.4 is 17.5 Å². The van der Waals surface area contributed by atoms with Crippen LogP contribution in [0.1, 0.15) is 20.8 Å². The highest BCUT2D eigenvalue weighted by Crippen LogP contribution is 2.28. The number of aromatic nitrogens is 2. The van der Waals surface area contributed by atoms with Crippen molar-refractivity contribution < 1.29 is 9.63 Å². The molecule has 1 aromatic carbocycles. The van der Waals surface area contributed by atoms with Gasteiger partial charge in [0.05, 0.1) is 28.1 Å². The largest absolute Gasteiger partial charge is 0.368 e. The molecule has 3 aromatic rings. The van der Waals surface area contributed by atoms with Crippen LogP contribution >= 0.6 is 22.9 Å². The summed E-state index contributed by atoms with van der Waals surface area (Å²) in [5.74, 6) is 11.3. The molecule has 1 atom stereocenters. The number of nitrogen functional groups attached to an aromatic ring is 1. The number of carbonyl (C=O) groups excluding carboxylic acids is 1. The van der Waals surface area contributed by atoms with Crippen molar-refractivity contribution in [3.05, 3.63) is 63.6 Å². The van der Waals surface area contributed by atoms with Gasteiger partial charge in [0.2, 0.25) is 5.95 Å². The molecule has 0 fully saturated rings. The van der Waals surface area contributed by atoms with Gasteiger partial charge < -0.3 is 10.6 Å². The van der Waals surface area contributed by atoms with Gasteiger partial charge in [0, 0.05) is 11.2 Å². The maximum Gasteiger partial charge on any atom is 0.278 e. The molecule has 0 radical (unpaired) electrons. The summed E-state index contributed by atoms with van der Waals surface area (Å²) in [4.78, 5) is 27.0. The molecular weight excluding hydrogens is 412 g/mol. The molecule has 6 N–H and O–H groups in total. The summed E-state index contributed by atoms with van der Waals surface area (Å²) in [6, 6.07) is 10.3. The van der Waals surface area contributed by atoms with Crippen LogP contribution in [0.3, 0.4) is 0 Å². The number of nitrogens with two attached hydrogens (primary N) is 3. The summed E-state index contributed by atoms with van der Waals surface area (Å²) in [7, 11) is 0. The average molecular weight is 433 g/mol. The Bertz CT molecular complexity index is 1010. The number of benzene rings is 1. The Morgan fingerprint density at radius 1 is 1.31 bits per heavy atom. The highest BCUT2D eigenvalue weighted by molar-refractivity contribution is 7.17. The predicted molar refractivity (Wildman–Crippen MR) is 114 cm³/mol. The van der Waals surface area contributed by atoms with Crippen LogP contribution in [-0.4, -0.2) is 33.5 Å². The number of anilines is 1. The van der Waals surface area contributed by atoms with E-state index in [4.69, 9.17) is 33.9 Å². The average Bonchev–Trinajstić information content (AvgIpc) is 3.18. The van der Waals surface area contributed by atoms with Gasteiger partial charge in [-0.05, 0) is 54.8 Å². The van der Waals surface area contributed by atoms with Gasteiger partial charge in [0.15, 0.2) is 0 Å². The monoisotopic (exact) mass is 432 g/mol. The number of nitrogens with zero attached hydrogens (tertiary/aromatic N) is 3. The first-order chi connectivity index (χ1) is 13.9. The Morgan fingerprint density at radius 3 is 2.79 bits per heavy atom. The van der Waals surface area contributed by atoms with Crippen molar-refractivity contribution in [1.29, 1.82) is 0 Å². The van der Waals surface area contributed by atoms with Crippen LogP contribution in [0.2, 0.25) is 5.02 Å². The normalized spacial score (nSPS) is 12.0. The maximum atomic E-state index is 12.9. The summed E-state index contributed by atoms with van der Waals surface area (Å²) in [5, 5.41) is 1.81. The van der Waals surface area contributed by atoms with Crippen molar-refractivity contribution in [2.24, 2.45) is 11.7 Å². The lowest BCUT2D eigenvalue weighted by molar-refractivity contribution is 0.0428. The first kappa shape index (κ1) is 21.2. The lowest BCUT2D eigenvalue weighted by Crippen LogP contribution is -2.49. The minimum Gasteiger partial charge on any atom is -0.368 e. The van der Waals surface area contributed by atoms with Gasteiger partial charge in [-0.25, -0.2) is 21.7 Å². The summed E-state index contributed by atoms with van der Waals surface area (Å²) < 4.78 is 0. The van der Waals surface area contributed by atoms with E-state index in [-0.39, 0.29) is 18.5 Å². The molecule has 0 saturated heterocycles. The molecule has 1 unspecified atom stereocenters. The zero-order valence-electron chi connectivity index (χ0n) is 15.7. The molecule has 0 bridgehead atoms. The van der Waals surface area contributed by atoms with Gasteiger partial charge in [-0.2, -0.15) is 0 Å². The quantitative estimate of drug-likeness (QED) is 0.296. The first-order valence-corrected chi connectivity index (χ1v) is 9.92. The van der Waals surface area contributed by atoms with Crippen LogP contribution in [-0.2, 0) is 11.3 Å². The Labute approximate surface area is 177 Å². The fourth-order valence-electron chi connectivity index (χ4n) is 2.89. The summed E-state index contributed by atoms with van der Waals surface area (Å²) in [6.45, 7) is 2.04. The third-order valence-electron chi connectivity index (χ3n) is 4.42. The van der Waals surface area contributed by atoms with Gasteiger partial charge >= 0.3 is 0 Å². The Hall–Kier alpha value is -2.56. The van der Waals surface area contributed by atoms with Gasteiger partial charge in [-0.3, -0.25) is 9.80 Å². The van der Waals surface area contributed by atoms with E-state index in [1.807, 2.05) is 19.1 Å². The summed E-state index contributed by atoms with van der Waals surface area (Å²) in [6.07, 6.45) is 2.04. The number of halogens is 1. The van der Waals surface area contributed by atoms with Crippen LogP contribution in [0.15, 0.2) is 42.6 Å². The molecule has 0 aliphatic rings. The van der Waals surface area contributed by atoms with Crippen molar-refractivity contribution in [2.75, 3.05) is 12.3 Å². The molecular formula is C19H21ClN6O2S. The molecule has 1 amide bonds. The van der Waals surface area contributed by atoms with Crippen molar-refractivity contribution in [3.8, 4) is 10.6 Å². The third-order valence-corrected chi connectivity index (χ3v) is 5.75. The zero-order chi connectivity index (χ0) is 21.0. The number of amides is 1. The number of rotatable bonds is 7. The van der Waals surface area contributed by atoms with E-state index in [0.29, 0.717) is 22.0 Å². The van der Waals surface area contributed by atoms with E-state index in [1.54, 1.807) is 30.5 Å². The Kier molecular flexibility index (Phi) is 6.78. The van der Waals surface area contributed by atoms with Gasteiger partial charge in [-0.1, -0.05) is 17.7 Å². The van der Waals surface area contributed by atoms with Gasteiger partial charge in [0.1, 0.15) is 0 Å². The molecule has 2 heterocycles. The molecule has 0 spiro atoms. The predicted octanol–water partition coefficient (Wildman–Crippen LogP) is 2.57. The van der Waals surface area contributed by atoms with Crippen LogP contribution in [0, 0.1) is 6.92 Å². The second kappa shape index (κ2) is 9.29. The van der Waals surface area contributed by atoms with E-state index in [1.165, 1.54) is 11.3 Å². The summed E-state index contributed by atoms with van der Waals surface area (Å²) in [5.41, 5.74) is 8.28. The lowest BCUT2D eigenvalue weighted by Gasteiger charge is -2.27. The molecule has 0 aliphatic heterocycles. The van der Waals surface area contributed by atoms with E-state index < -0.39 is 6.04 Å². The summed E-state index contributed by atoms with van der Waals surface area (Å²) >= 11 is 7.29. The second-order valence-electron chi connectivity index (χ2n) is 6.44. The van der Waals surface area contributed by atoms with Crippen LogP contribution in [0.25, 0.3) is 10.6 Å². The first-order valence-electron chi connectivity index (χ1n) is 8.72. The highest BCUT2D eigenvalue weighted by Gasteiger charge is 2.25. The highest BCUT2D eigenvalue weighted by atomic mass is 35.5. The zero-order valence-corrected chi connectivity index (χ0v) is 17.3. The van der Waals surface area contributed by atoms with Gasteiger partial charge in [-0.15, -0.1) is 11.3 Å². The third kappa shape index (κ3) is 5.08. The molecule has 8 nitrogen and oxygen atoms in total. The number of hydrogen-bond acceptors (Lipinski definition) is 8. The standard InChI is InChI=1S/C19H21ClN6O2S/c1-11-8-13(20)3-2-12(11)9-14(10-28-23)26(22)18(27)17-5-4-16(29-17)15-6-7-24-19(21)25-15/h2-8,14H,9-10,22-23H2,1H3,(H2,21,24,25). The van der Waals surface area contributed by atoms with Gasteiger partial charge in [0.25, 0.3) is 5.91 Å². The van der Waals surface area contributed by atoms with E-state index >= 15 is 0 Å². The molecule has 3 rings (SSSR count). The molecule has 2 aromatic heterocycles. The fourth-order valence-corrected chi connectivity index (χ4v) is 4.03. The number of aryl methyl sites for hydroxylation is 1. The molecule has 152 valence electrons. The number of thiophene rings is 1. The van der Waals surface area contributed by atoms with Crippen molar-refractivity contribution in [3.63, 3.8) is 0 Å². The maximum absolute atomic E-state index is 12.9. The molecule has 29 heavy (non-hydrogen) atoms. The Balaban J connectivity index is 1.79. The fraction of sp³-hybridized carbons (Fsp3) is 0.211. The number of carbonyl (C=O) groups is 1. The van der Waals surface area contributed by atoms with Crippen molar-refractivity contribution in [2.45, 2.75) is 19.4 Å². The van der Waals surface area contributed by atoms with Crippen molar-refractivity contribution in [1.82, 2.24) is 15.0 Å². The lowest BCUT2D eigenvalue weighted by atomic mass is 10.0. The molecule has 0 saturated carbocycles. The SMILES string of the molecule is Cc1cc(Cl)ccc1CC(CON)N(N)C(=O)c1ccc(-c2ccnc(N)n2)s1. The van der Waals surface area contributed by atoms with E-state index in [2.05, 4.69) is 9.97 Å². The molecule has 0 aliphatic carbocycles. The smallest absolute Gasteiger partial charge is 0.278 e. The van der Waals surface area contributed by atoms with E-state index in [9.17, 15) is 4.79 Å². The second-order valence-corrected chi connectivity index (χ2v) is 7.96. The minimum absolute atomic E-state index is 0.0883. The van der Waals surface area contributed by atoms with Crippen LogP contribution in [0.4, 0.5) is 5.95 Å². The van der Waals surface area contributed by atoms with E-state index in [0.717, 1.165) is 21.0 Å². The number of hydrazine groups is 1. The Morgan fingerprint density at radius 2 is 2.10 bits per heavy atom. The van der Waals surface area contributed by atoms with Crippen LogP contribution in [0.5, 0.6) is 0 Å². The van der Waals surface area contributed by atoms with Crippen molar-refractivity contribution >= 4 is 34.8 Å². The topological polar surface area (TPSA) is 133 Å². The number of hydrogen-bond donors (Lipinski definition) is 3.